The van der Waals surface area contributed by atoms with Crippen molar-refractivity contribution in [3.05, 3.63) is 29.8 Å². The van der Waals surface area contributed by atoms with Crippen LogP contribution >= 0.6 is 0 Å². The number of hydrogen-bond donors (Lipinski definition) is 1. The fourth-order valence-corrected chi connectivity index (χ4v) is 2.57. The lowest BCUT2D eigenvalue weighted by molar-refractivity contribution is 0.422. The first-order chi connectivity index (χ1) is 8.38. The smallest absolute Gasteiger partial charge is 0.175 e. The van der Waals surface area contributed by atoms with Crippen LogP contribution in [0.4, 0.5) is 0 Å². The molecular weight excluding hydrogens is 246 g/mol. The Balaban J connectivity index is 2.89. The van der Waals surface area contributed by atoms with Crippen molar-refractivity contribution in [3.63, 3.8) is 0 Å². The summed E-state index contributed by atoms with van der Waals surface area (Å²) in [5.74, 6) is 0.650. The van der Waals surface area contributed by atoms with Gasteiger partial charge in [-0.1, -0.05) is 32.4 Å². The fraction of sp³-hybridized carbons (Fsp3) is 0.571. The Morgan fingerprint density at radius 2 is 1.78 bits per heavy atom. The molecule has 18 heavy (non-hydrogen) atoms. The van der Waals surface area contributed by atoms with Crippen molar-refractivity contribution < 1.29 is 8.42 Å². The van der Waals surface area contributed by atoms with Crippen LogP contribution in [-0.2, 0) is 9.84 Å². The van der Waals surface area contributed by atoms with Crippen molar-refractivity contribution in [1.82, 2.24) is 5.32 Å². The Hall–Kier alpha value is -0.870. The molecule has 3 nitrogen and oxygen atoms in total. The maximum absolute atomic E-state index is 11.4. The number of nitrogens with one attached hydrogen (secondary N) is 1. The van der Waals surface area contributed by atoms with Crippen molar-refractivity contribution in [1.29, 1.82) is 0 Å². The molecule has 0 aliphatic heterocycles. The van der Waals surface area contributed by atoms with Crippen LogP contribution < -0.4 is 5.32 Å². The molecule has 0 radical (unpaired) electrons. The highest BCUT2D eigenvalue weighted by molar-refractivity contribution is 7.90. The second kappa shape index (κ2) is 6.34. The SMILES string of the molecule is CCC(C)CC(NC)c1ccc(S(C)(=O)=O)cc1. The summed E-state index contributed by atoms with van der Waals surface area (Å²) in [6.45, 7) is 4.42. The summed E-state index contributed by atoms with van der Waals surface area (Å²) in [4.78, 5) is 0.379. The van der Waals surface area contributed by atoms with E-state index < -0.39 is 9.84 Å². The first kappa shape index (κ1) is 15.2. The topological polar surface area (TPSA) is 46.2 Å². The second-order valence-corrected chi connectivity index (χ2v) is 6.95. The third kappa shape index (κ3) is 4.10. The van der Waals surface area contributed by atoms with Crippen LogP contribution in [0.1, 0.15) is 38.3 Å². The largest absolute Gasteiger partial charge is 0.313 e. The van der Waals surface area contributed by atoms with Gasteiger partial charge in [-0.3, -0.25) is 0 Å². The molecule has 0 aromatic heterocycles. The van der Waals surface area contributed by atoms with Crippen LogP contribution in [0.5, 0.6) is 0 Å². The van der Waals surface area contributed by atoms with Crippen LogP contribution in [0.2, 0.25) is 0 Å². The Morgan fingerprint density at radius 1 is 1.22 bits per heavy atom. The zero-order valence-electron chi connectivity index (χ0n) is 11.6. The summed E-state index contributed by atoms with van der Waals surface area (Å²) < 4.78 is 22.8. The molecule has 2 unspecified atom stereocenters. The maximum Gasteiger partial charge on any atom is 0.175 e. The predicted octanol–water partition coefficient (Wildman–Crippen LogP) is 2.79. The number of benzene rings is 1. The first-order valence-corrected chi connectivity index (χ1v) is 8.25. The van der Waals surface area contributed by atoms with Crippen LogP contribution in [-0.4, -0.2) is 21.7 Å². The number of rotatable bonds is 6. The zero-order valence-corrected chi connectivity index (χ0v) is 12.4. The van der Waals surface area contributed by atoms with Crippen LogP contribution in [0.3, 0.4) is 0 Å². The molecule has 1 rings (SSSR count). The third-order valence-corrected chi connectivity index (χ3v) is 4.52. The highest BCUT2D eigenvalue weighted by Gasteiger charge is 2.14. The van der Waals surface area contributed by atoms with Gasteiger partial charge in [-0.2, -0.15) is 0 Å². The average molecular weight is 269 g/mol. The summed E-state index contributed by atoms with van der Waals surface area (Å²) in [5, 5.41) is 3.29. The molecule has 0 spiro atoms. The quantitative estimate of drug-likeness (QED) is 0.863. The van der Waals surface area contributed by atoms with Crippen molar-refractivity contribution in [2.45, 2.75) is 37.6 Å². The molecular formula is C14H23NO2S. The molecule has 0 bridgehead atoms. The van der Waals surface area contributed by atoms with Crippen molar-refractivity contribution in [2.24, 2.45) is 5.92 Å². The van der Waals surface area contributed by atoms with Gasteiger partial charge in [0, 0.05) is 12.3 Å². The summed E-state index contributed by atoms with van der Waals surface area (Å²) in [7, 11) is -1.16. The van der Waals surface area contributed by atoms with E-state index >= 15 is 0 Å². The maximum atomic E-state index is 11.4. The van der Waals surface area contributed by atoms with Gasteiger partial charge in [0.2, 0.25) is 0 Å². The minimum Gasteiger partial charge on any atom is -0.313 e. The first-order valence-electron chi connectivity index (χ1n) is 6.35. The highest BCUT2D eigenvalue weighted by atomic mass is 32.2. The van der Waals surface area contributed by atoms with E-state index in [0.29, 0.717) is 10.8 Å². The molecule has 0 amide bonds. The van der Waals surface area contributed by atoms with Crippen molar-refractivity contribution in [3.8, 4) is 0 Å². The van der Waals surface area contributed by atoms with Gasteiger partial charge in [0.15, 0.2) is 9.84 Å². The average Bonchev–Trinajstić information content (AvgIpc) is 2.34. The number of sulfone groups is 1. The molecule has 0 heterocycles. The predicted molar refractivity (Wildman–Crippen MR) is 75.4 cm³/mol. The lowest BCUT2D eigenvalue weighted by Crippen LogP contribution is -2.19. The van der Waals surface area contributed by atoms with Gasteiger partial charge in [-0.15, -0.1) is 0 Å². The molecule has 1 aromatic rings. The molecule has 4 heteroatoms. The lowest BCUT2D eigenvalue weighted by atomic mass is 9.94. The van der Waals surface area contributed by atoms with Gasteiger partial charge in [0.1, 0.15) is 0 Å². The van der Waals surface area contributed by atoms with Gasteiger partial charge in [-0.05, 0) is 37.1 Å². The Bertz CT molecular complexity index is 465. The van der Waals surface area contributed by atoms with E-state index in [9.17, 15) is 8.42 Å². The monoisotopic (exact) mass is 269 g/mol. The number of hydrogen-bond acceptors (Lipinski definition) is 3. The zero-order chi connectivity index (χ0) is 13.8. The molecule has 0 saturated carbocycles. The molecule has 1 aromatic carbocycles. The van der Waals surface area contributed by atoms with E-state index in [1.165, 1.54) is 6.26 Å². The molecule has 1 N–H and O–H groups in total. The molecule has 102 valence electrons. The van der Waals surface area contributed by atoms with E-state index in [2.05, 4.69) is 19.2 Å². The molecule has 2 atom stereocenters. The van der Waals surface area contributed by atoms with Crippen LogP contribution in [0, 0.1) is 5.92 Å². The Labute approximate surface area is 111 Å². The molecule has 0 saturated heterocycles. The van der Waals surface area contributed by atoms with Crippen molar-refractivity contribution >= 4 is 9.84 Å². The van der Waals surface area contributed by atoms with Crippen LogP contribution in [0.25, 0.3) is 0 Å². The Kier molecular flexibility index (Phi) is 5.35. The summed E-state index contributed by atoms with van der Waals surface area (Å²) in [6.07, 6.45) is 3.45. The van der Waals surface area contributed by atoms with E-state index in [-0.39, 0.29) is 6.04 Å². The highest BCUT2D eigenvalue weighted by Crippen LogP contribution is 2.23. The van der Waals surface area contributed by atoms with Gasteiger partial charge in [0.05, 0.1) is 4.90 Å². The Morgan fingerprint density at radius 3 is 2.17 bits per heavy atom. The molecule has 0 aliphatic carbocycles. The third-order valence-electron chi connectivity index (χ3n) is 3.39. The van der Waals surface area contributed by atoms with E-state index in [0.717, 1.165) is 18.4 Å². The summed E-state index contributed by atoms with van der Waals surface area (Å²) in [6, 6.07) is 7.46. The van der Waals surface area contributed by atoms with E-state index in [4.69, 9.17) is 0 Å². The van der Waals surface area contributed by atoms with Gasteiger partial charge >= 0.3 is 0 Å². The van der Waals surface area contributed by atoms with E-state index in [1.54, 1.807) is 12.1 Å². The minimum absolute atomic E-state index is 0.286. The summed E-state index contributed by atoms with van der Waals surface area (Å²) >= 11 is 0. The molecule has 0 fully saturated rings. The van der Waals surface area contributed by atoms with Crippen molar-refractivity contribution in [2.75, 3.05) is 13.3 Å². The standard InChI is InChI=1S/C14H23NO2S/c1-5-11(2)10-14(15-3)12-6-8-13(9-7-12)18(4,16)17/h6-9,11,14-15H,5,10H2,1-4H3. The molecule has 0 aliphatic rings. The normalized spacial score (nSPS) is 15.3. The lowest BCUT2D eigenvalue weighted by Gasteiger charge is -2.20. The minimum atomic E-state index is -3.10. The van der Waals surface area contributed by atoms with Gasteiger partial charge in [0.25, 0.3) is 0 Å². The van der Waals surface area contributed by atoms with Gasteiger partial charge < -0.3 is 5.32 Å². The van der Waals surface area contributed by atoms with Crippen LogP contribution in [0.15, 0.2) is 29.2 Å². The second-order valence-electron chi connectivity index (χ2n) is 4.93. The van der Waals surface area contributed by atoms with Gasteiger partial charge in [-0.25, -0.2) is 8.42 Å². The van der Waals surface area contributed by atoms with E-state index in [1.807, 2.05) is 19.2 Å². The summed E-state index contributed by atoms with van der Waals surface area (Å²) in [5.41, 5.74) is 1.14. The fourth-order valence-electron chi connectivity index (χ4n) is 1.94.